The molecule has 1 aliphatic rings. The molecule has 0 atom stereocenters. The van der Waals surface area contributed by atoms with Crippen LogP contribution in [0, 0.1) is 0 Å². The zero-order chi connectivity index (χ0) is 21.7. The molecule has 0 bridgehead atoms. The van der Waals surface area contributed by atoms with Crippen molar-refractivity contribution in [3.05, 3.63) is 57.6 Å². The van der Waals surface area contributed by atoms with Gasteiger partial charge in [-0.25, -0.2) is 5.01 Å². The second kappa shape index (κ2) is 10.2. The van der Waals surface area contributed by atoms with E-state index in [1.165, 1.54) is 14.2 Å². The minimum Gasteiger partial charge on any atom is -0.496 e. The Morgan fingerprint density at radius 1 is 1.07 bits per heavy atom. The monoisotopic (exact) mass is 467 g/mol. The number of ether oxygens (including phenoxy) is 2. The summed E-state index contributed by atoms with van der Waals surface area (Å²) in [7, 11) is 2.98. The molecular weight excluding hydrogens is 445 g/mol. The molecule has 160 valence electrons. The zero-order valence-corrected chi connectivity index (χ0v) is 19.1. The lowest BCUT2D eigenvalue weighted by molar-refractivity contribution is 0.0485. The third-order valence-electron chi connectivity index (χ3n) is 4.81. The van der Waals surface area contributed by atoms with E-state index in [0.717, 1.165) is 18.4 Å². The molecule has 1 saturated heterocycles. The summed E-state index contributed by atoms with van der Waals surface area (Å²) in [5, 5.41) is 8.16. The van der Waals surface area contributed by atoms with Gasteiger partial charge in [-0.1, -0.05) is 35.3 Å². The average Bonchev–Trinajstić information content (AvgIpc) is 3.24. The fourth-order valence-corrected chi connectivity index (χ4v) is 3.98. The summed E-state index contributed by atoms with van der Waals surface area (Å²) >= 11 is 17.7. The Balaban J connectivity index is 1.70. The maximum absolute atomic E-state index is 13.4. The van der Waals surface area contributed by atoms with Gasteiger partial charge in [0.15, 0.2) is 10.9 Å². The van der Waals surface area contributed by atoms with E-state index >= 15 is 0 Å². The second-order valence-electron chi connectivity index (χ2n) is 6.67. The minimum absolute atomic E-state index is 0.273. The number of hydrazine groups is 1. The van der Waals surface area contributed by atoms with Crippen LogP contribution >= 0.6 is 35.4 Å². The van der Waals surface area contributed by atoms with E-state index < -0.39 is 0 Å². The van der Waals surface area contributed by atoms with Gasteiger partial charge < -0.3 is 14.8 Å². The van der Waals surface area contributed by atoms with Gasteiger partial charge in [-0.05, 0) is 54.9 Å². The molecule has 30 heavy (non-hydrogen) atoms. The van der Waals surface area contributed by atoms with Crippen molar-refractivity contribution < 1.29 is 14.3 Å². The number of nitrogens with one attached hydrogen (secondary N) is 1. The molecule has 1 heterocycles. The molecule has 2 aromatic carbocycles. The van der Waals surface area contributed by atoms with Crippen molar-refractivity contribution in [1.29, 1.82) is 0 Å². The van der Waals surface area contributed by atoms with Crippen LogP contribution in [0.4, 0.5) is 0 Å². The van der Waals surface area contributed by atoms with Crippen molar-refractivity contribution in [2.24, 2.45) is 0 Å². The maximum Gasteiger partial charge on any atom is 0.280 e. The summed E-state index contributed by atoms with van der Waals surface area (Å²) in [6, 6.07) is 11.0. The van der Waals surface area contributed by atoms with Crippen molar-refractivity contribution in [2.45, 2.75) is 12.8 Å². The minimum atomic E-state index is -0.273. The molecule has 1 N–H and O–H groups in total. The largest absolute Gasteiger partial charge is 0.496 e. The van der Waals surface area contributed by atoms with Gasteiger partial charge >= 0.3 is 0 Å². The lowest BCUT2D eigenvalue weighted by atomic mass is 10.1. The quantitative estimate of drug-likeness (QED) is 0.642. The second-order valence-corrected chi connectivity index (χ2v) is 7.90. The number of benzene rings is 2. The van der Waals surface area contributed by atoms with Gasteiger partial charge in [0.25, 0.3) is 5.91 Å². The lowest BCUT2D eigenvalue weighted by Gasteiger charge is -2.31. The first-order chi connectivity index (χ1) is 14.5. The van der Waals surface area contributed by atoms with E-state index in [2.05, 4.69) is 5.32 Å². The first-order valence-corrected chi connectivity index (χ1v) is 10.6. The highest BCUT2D eigenvalue weighted by Crippen LogP contribution is 2.37. The predicted octanol–water partition coefficient (Wildman–Crippen LogP) is 4.19. The Morgan fingerprint density at radius 2 is 1.77 bits per heavy atom. The molecule has 0 radical (unpaired) electrons. The fourth-order valence-electron chi connectivity index (χ4n) is 3.33. The molecule has 3 rings (SSSR count). The molecule has 0 aliphatic carbocycles. The molecule has 0 saturated carbocycles. The molecule has 1 amide bonds. The number of halogens is 2. The van der Waals surface area contributed by atoms with Crippen molar-refractivity contribution >= 4 is 46.4 Å². The highest BCUT2D eigenvalue weighted by atomic mass is 35.5. The number of carbonyl (C=O) groups excluding carboxylic acids is 1. The number of methoxy groups -OCH3 is 2. The third-order valence-corrected chi connectivity index (χ3v) is 5.72. The normalized spacial score (nSPS) is 13.3. The van der Waals surface area contributed by atoms with Crippen molar-refractivity contribution in [3.63, 3.8) is 0 Å². The van der Waals surface area contributed by atoms with Crippen LogP contribution in [0.5, 0.6) is 11.5 Å². The summed E-state index contributed by atoms with van der Waals surface area (Å²) < 4.78 is 10.8. The fraction of sp³-hybridized carbons (Fsp3) is 0.333. The Morgan fingerprint density at radius 3 is 2.43 bits per heavy atom. The Hall–Kier alpha value is -2.22. The molecule has 1 fully saturated rings. The SMILES string of the molecule is COc1ccc(Cl)c(OC)c1C(=O)N1CCCN1C(=S)NCCc1ccc(Cl)cc1. The summed E-state index contributed by atoms with van der Waals surface area (Å²) in [4.78, 5) is 13.4. The van der Waals surface area contributed by atoms with Gasteiger partial charge in [0.1, 0.15) is 11.3 Å². The number of hydrogen-bond donors (Lipinski definition) is 1. The summed E-state index contributed by atoms with van der Waals surface area (Å²) in [6.07, 6.45) is 1.59. The van der Waals surface area contributed by atoms with E-state index in [1.54, 1.807) is 22.2 Å². The van der Waals surface area contributed by atoms with Gasteiger partial charge in [-0.2, -0.15) is 0 Å². The first kappa shape index (κ1) is 22.5. The lowest BCUT2D eigenvalue weighted by Crippen LogP contribution is -2.49. The number of carbonyl (C=O) groups is 1. The predicted molar refractivity (Wildman–Crippen MR) is 123 cm³/mol. The van der Waals surface area contributed by atoms with Crippen LogP contribution in [0.1, 0.15) is 22.3 Å². The van der Waals surface area contributed by atoms with Gasteiger partial charge in [0.2, 0.25) is 0 Å². The Labute approximate surface area is 191 Å². The van der Waals surface area contributed by atoms with Gasteiger partial charge in [0, 0.05) is 24.7 Å². The standard InChI is InChI=1S/C21H23Cl2N3O3S/c1-28-17-9-8-16(23)19(29-2)18(17)20(27)25-12-3-13-26(25)21(30)24-11-10-14-4-6-15(22)7-5-14/h4-9H,3,10-13H2,1-2H3,(H,24,30). The molecule has 0 unspecified atom stereocenters. The smallest absolute Gasteiger partial charge is 0.280 e. The van der Waals surface area contributed by atoms with Crippen LogP contribution in [0.25, 0.3) is 0 Å². The molecule has 1 aliphatic heterocycles. The van der Waals surface area contributed by atoms with Crippen molar-refractivity contribution in [2.75, 3.05) is 33.9 Å². The summed E-state index contributed by atoms with van der Waals surface area (Å²) in [6.45, 7) is 1.82. The molecule has 0 spiro atoms. The number of hydrogen-bond acceptors (Lipinski definition) is 4. The van der Waals surface area contributed by atoms with Crippen LogP contribution in [-0.2, 0) is 6.42 Å². The van der Waals surface area contributed by atoms with E-state index in [4.69, 9.17) is 44.9 Å². The van der Waals surface area contributed by atoms with Crippen LogP contribution in [0.15, 0.2) is 36.4 Å². The number of amides is 1. The summed E-state index contributed by atoms with van der Waals surface area (Å²) in [5.41, 5.74) is 1.43. The topological polar surface area (TPSA) is 54.0 Å². The number of rotatable bonds is 6. The Bertz CT molecular complexity index is 924. The van der Waals surface area contributed by atoms with E-state index in [9.17, 15) is 4.79 Å². The highest BCUT2D eigenvalue weighted by molar-refractivity contribution is 7.80. The average molecular weight is 468 g/mol. The first-order valence-electron chi connectivity index (χ1n) is 9.48. The molecule has 0 aromatic heterocycles. The molecule has 2 aromatic rings. The van der Waals surface area contributed by atoms with E-state index in [1.807, 2.05) is 24.3 Å². The maximum atomic E-state index is 13.4. The Kier molecular flexibility index (Phi) is 7.64. The molecule has 9 heteroatoms. The van der Waals surface area contributed by atoms with Crippen LogP contribution in [-0.4, -0.2) is 54.9 Å². The van der Waals surface area contributed by atoms with Crippen molar-refractivity contribution in [1.82, 2.24) is 15.3 Å². The molecule has 6 nitrogen and oxygen atoms in total. The van der Waals surface area contributed by atoms with Gasteiger partial charge in [-0.3, -0.25) is 9.80 Å². The zero-order valence-electron chi connectivity index (χ0n) is 16.8. The van der Waals surface area contributed by atoms with E-state index in [-0.39, 0.29) is 17.2 Å². The van der Waals surface area contributed by atoms with Crippen LogP contribution < -0.4 is 14.8 Å². The third kappa shape index (κ3) is 4.91. The van der Waals surface area contributed by atoms with Crippen LogP contribution in [0.3, 0.4) is 0 Å². The van der Waals surface area contributed by atoms with Gasteiger partial charge in [-0.15, -0.1) is 0 Å². The van der Waals surface area contributed by atoms with Crippen LogP contribution in [0.2, 0.25) is 10.0 Å². The number of thiocarbonyl (C=S) groups is 1. The molecular formula is C21H23Cl2N3O3S. The van der Waals surface area contributed by atoms with E-state index in [0.29, 0.717) is 40.5 Å². The van der Waals surface area contributed by atoms with Crippen molar-refractivity contribution in [3.8, 4) is 11.5 Å². The summed E-state index contributed by atoms with van der Waals surface area (Å²) in [5.74, 6) is 0.412. The number of nitrogens with zero attached hydrogens (tertiary/aromatic N) is 2. The van der Waals surface area contributed by atoms with Gasteiger partial charge in [0.05, 0.1) is 19.2 Å². The highest BCUT2D eigenvalue weighted by Gasteiger charge is 2.33.